The third-order valence-corrected chi connectivity index (χ3v) is 1.51. The highest BCUT2D eigenvalue weighted by Crippen LogP contribution is 2.01. The Morgan fingerprint density at radius 1 is 1.60 bits per heavy atom. The van der Waals surface area contributed by atoms with Crippen molar-refractivity contribution in [3.8, 4) is 0 Å². The number of carbonyl (C=O) groups is 1. The molecule has 3 atom stereocenters. The van der Waals surface area contributed by atoms with Gasteiger partial charge in [0.15, 0.2) is 0 Å². The summed E-state index contributed by atoms with van der Waals surface area (Å²) >= 11 is 0. The summed E-state index contributed by atoms with van der Waals surface area (Å²) in [5.74, 6) is -0.333. The number of hydrogen-bond acceptors (Lipinski definition) is 7. The van der Waals surface area contributed by atoms with Gasteiger partial charge in [0.2, 0.25) is 5.91 Å². The van der Waals surface area contributed by atoms with Crippen molar-refractivity contribution in [1.82, 2.24) is 10.9 Å². The van der Waals surface area contributed by atoms with Crippen molar-refractivity contribution in [2.45, 2.75) is 25.4 Å². The Kier molecular flexibility index (Phi) is 7.13. The molecular formula is C7H19N5O3. The van der Waals surface area contributed by atoms with Gasteiger partial charge < -0.3 is 27.0 Å². The largest absolute Gasteiger partial charge is 0.395 e. The van der Waals surface area contributed by atoms with Crippen LogP contribution in [0.4, 0.5) is 0 Å². The maximum atomic E-state index is 9.22. The minimum atomic E-state index is -0.418. The minimum Gasteiger partial charge on any atom is -0.395 e. The van der Waals surface area contributed by atoms with Gasteiger partial charge in [-0.1, -0.05) is 0 Å². The second kappa shape index (κ2) is 7.51. The molecule has 0 bridgehead atoms. The summed E-state index contributed by atoms with van der Waals surface area (Å²) in [5, 5.41) is 8.65. The molecule has 1 fully saturated rings. The molecule has 0 aliphatic carbocycles. The van der Waals surface area contributed by atoms with Crippen LogP contribution in [-0.2, 0) is 9.53 Å². The van der Waals surface area contributed by atoms with Crippen LogP contribution in [0.1, 0.15) is 6.92 Å². The quantitative estimate of drug-likeness (QED) is 0.290. The molecule has 0 aromatic rings. The van der Waals surface area contributed by atoms with E-state index in [1.165, 1.54) is 6.92 Å². The molecule has 1 amide bonds. The first kappa shape index (κ1) is 14.2. The molecular weight excluding hydrogens is 202 g/mol. The molecule has 8 nitrogen and oxygen atoms in total. The lowest BCUT2D eigenvalue weighted by atomic mass is 10.3. The number of nitrogens with two attached hydrogens (primary N) is 3. The van der Waals surface area contributed by atoms with E-state index in [4.69, 9.17) is 21.3 Å². The van der Waals surface area contributed by atoms with Crippen LogP contribution in [0.2, 0.25) is 0 Å². The van der Waals surface area contributed by atoms with Crippen LogP contribution in [0.15, 0.2) is 0 Å². The van der Waals surface area contributed by atoms with Crippen LogP contribution in [0.5, 0.6) is 0 Å². The lowest BCUT2D eigenvalue weighted by molar-refractivity contribution is -0.115. The molecule has 0 radical (unpaired) electrons. The number of aliphatic hydroxyl groups is 1. The highest BCUT2D eigenvalue weighted by Gasteiger charge is 2.27. The third-order valence-electron chi connectivity index (χ3n) is 1.51. The molecule has 8 heteroatoms. The van der Waals surface area contributed by atoms with Gasteiger partial charge in [-0.15, -0.1) is 0 Å². The zero-order chi connectivity index (χ0) is 11.8. The van der Waals surface area contributed by atoms with Crippen molar-refractivity contribution in [3.05, 3.63) is 0 Å². The molecule has 15 heavy (non-hydrogen) atoms. The van der Waals surface area contributed by atoms with E-state index >= 15 is 0 Å². The summed E-state index contributed by atoms with van der Waals surface area (Å²) in [7, 11) is 0. The molecule has 1 heterocycles. The fourth-order valence-corrected chi connectivity index (χ4v) is 0.838. The Morgan fingerprint density at radius 3 is 2.47 bits per heavy atom. The molecule has 0 aromatic carbocycles. The topological polar surface area (TPSA) is 149 Å². The lowest BCUT2D eigenvalue weighted by Crippen LogP contribution is -2.46. The second-order valence-corrected chi connectivity index (χ2v) is 3.03. The Morgan fingerprint density at radius 2 is 2.13 bits per heavy atom. The lowest BCUT2D eigenvalue weighted by Gasteiger charge is -2.15. The number of amides is 1. The minimum absolute atomic E-state index is 0.114. The summed E-state index contributed by atoms with van der Waals surface area (Å²) in [6.07, 6.45) is -0.564. The van der Waals surface area contributed by atoms with E-state index in [0.29, 0.717) is 6.54 Å². The standard InChI is InChI=1S/C5H14N4O2.C2H5NO/c6-1-4-8-9-5(11-4)3(7)2-10;1-2(3)4/h3-5,8-10H,1-2,6-7H2;1H3,(H2,3,4). The monoisotopic (exact) mass is 221 g/mol. The molecule has 0 spiro atoms. The van der Waals surface area contributed by atoms with Crippen molar-refractivity contribution < 1.29 is 14.6 Å². The normalized spacial score (nSPS) is 26.7. The molecule has 0 saturated carbocycles. The molecule has 90 valence electrons. The number of hydrogen-bond donors (Lipinski definition) is 6. The highest BCUT2D eigenvalue weighted by molar-refractivity contribution is 5.70. The van der Waals surface area contributed by atoms with E-state index < -0.39 is 6.04 Å². The number of hydrazine groups is 1. The molecule has 1 saturated heterocycles. The van der Waals surface area contributed by atoms with E-state index in [2.05, 4.69) is 16.6 Å². The maximum absolute atomic E-state index is 9.22. The van der Waals surface area contributed by atoms with E-state index in [1.54, 1.807) is 0 Å². The predicted octanol–water partition coefficient (Wildman–Crippen LogP) is -3.47. The molecule has 1 aliphatic heterocycles. The second-order valence-electron chi connectivity index (χ2n) is 3.03. The highest BCUT2D eigenvalue weighted by atomic mass is 16.6. The molecule has 3 unspecified atom stereocenters. The van der Waals surface area contributed by atoms with E-state index in [0.717, 1.165) is 0 Å². The van der Waals surface area contributed by atoms with Crippen molar-refractivity contribution in [2.24, 2.45) is 17.2 Å². The number of ether oxygens (including phenoxy) is 1. The van der Waals surface area contributed by atoms with Gasteiger partial charge in [0, 0.05) is 13.5 Å². The maximum Gasteiger partial charge on any atom is 0.214 e. The van der Waals surface area contributed by atoms with Gasteiger partial charge in [0.1, 0.15) is 12.5 Å². The van der Waals surface area contributed by atoms with Crippen LogP contribution in [-0.4, -0.2) is 42.7 Å². The third kappa shape index (κ3) is 6.33. The van der Waals surface area contributed by atoms with Gasteiger partial charge in [-0.2, -0.15) is 0 Å². The van der Waals surface area contributed by atoms with E-state index in [1.807, 2.05) is 0 Å². The number of nitrogens with one attached hydrogen (secondary N) is 2. The number of aliphatic hydroxyl groups excluding tert-OH is 1. The smallest absolute Gasteiger partial charge is 0.214 e. The van der Waals surface area contributed by atoms with Crippen LogP contribution in [0.3, 0.4) is 0 Å². The fourth-order valence-electron chi connectivity index (χ4n) is 0.838. The molecule has 1 aliphatic rings. The summed E-state index contributed by atoms with van der Waals surface area (Å²) in [5.41, 5.74) is 20.8. The SMILES string of the molecule is CC(N)=O.NCC1NNC(C(N)CO)O1. The van der Waals surface area contributed by atoms with Gasteiger partial charge >= 0.3 is 0 Å². The zero-order valence-electron chi connectivity index (χ0n) is 8.64. The van der Waals surface area contributed by atoms with Gasteiger partial charge in [0.25, 0.3) is 0 Å². The Bertz CT molecular complexity index is 187. The molecule has 1 rings (SSSR count). The van der Waals surface area contributed by atoms with Crippen LogP contribution in [0, 0.1) is 0 Å². The number of rotatable bonds is 3. The van der Waals surface area contributed by atoms with Gasteiger partial charge in [-0.25, -0.2) is 10.9 Å². The van der Waals surface area contributed by atoms with Crippen LogP contribution < -0.4 is 28.1 Å². The van der Waals surface area contributed by atoms with E-state index in [-0.39, 0.29) is 25.0 Å². The molecule has 0 aromatic heterocycles. The Hall–Kier alpha value is -0.770. The summed E-state index contributed by atoms with van der Waals surface area (Å²) in [6, 6.07) is -0.418. The first-order chi connectivity index (χ1) is 7.01. The Labute approximate surface area is 88.1 Å². The van der Waals surface area contributed by atoms with Gasteiger partial charge in [0.05, 0.1) is 12.6 Å². The number of primary amides is 1. The van der Waals surface area contributed by atoms with Crippen molar-refractivity contribution >= 4 is 5.91 Å². The Balaban J connectivity index is 0.000000423. The van der Waals surface area contributed by atoms with Gasteiger partial charge in [-0.05, 0) is 0 Å². The van der Waals surface area contributed by atoms with Gasteiger partial charge in [-0.3, -0.25) is 4.79 Å². The number of carbonyl (C=O) groups excluding carboxylic acids is 1. The first-order valence-corrected chi connectivity index (χ1v) is 4.50. The average molecular weight is 221 g/mol. The summed E-state index contributed by atoms with van der Waals surface area (Å²) in [4.78, 5) is 9.22. The van der Waals surface area contributed by atoms with Crippen molar-refractivity contribution in [1.29, 1.82) is 0 Å². The fraction of sp³-hybridized carbons (Fsp3) is 0.857. The summed E-state index contributed by atoms with van der Waals surface area (Å²) in [6.45, 7) is 1.57. The van der Waals surface area contributed by atoms with E-state index in [9.17, 15) is 4.79 Å². The average Bonchev–Trinajstić information content (AvgIpc) is 2.64. The first-order valence-electron chi connectivity index (χ1n) is 4.50. The zero-order valence-corrected chi connectivity index (χ0v) is 8.64. The van der Waals surface area contributed by atoms with Crippen LogP contribution >= 0.6 is 0 Å². The molecule has 9 N–H and O–H groups in total. The predicted molar refractivity (Wildman–Crippen MR) is 53.9 cm³/mol. The van der Waals surface area contributed by atoms with Crippen molar-refractivity contribution in [3.63, 3.8) is 0 Å². The van der Waals surface area contributed by atoms with Crippen LogP contribution in [0.25, 0.3) is 0 Å². The van der Waals surface area contributed by atoms with Crippen molar-refractivity contribution in [2.75, 3.05) is 13.2 Å². The summed E-state index contributed by atoms with van der Waals surface area (Å²) < 4.78 is 5.23.